The molecule has 2 N–H and O–H groups in total. The Morgan fingerprint density at radius 3 is 2.78 bits per heavy atom. The number of hydrogen-bond acceptors (Lipinski definition) is 2. The van der Waals surface area contributed by atoms with Gasteiger partial charge in [-0.15, -0.1) is 0 Å². The lowest BCUT2D eigenvalue weighted by Gasteiger charge is -2.24. The molecule has 2 rings (SSSR count). The average molecular weight is 261 g/mol. The van der Waals surface area contributed by atoms with Crippen molar-refractivity contribution in [2.45, 2.75) is 31.6 Å². The molecule has 1 atom stereocenters. The van der Waals surface area contributed by atoms with Gasteiger partial charge in [0.25, 0.3) is 0 Å². The highest BCUT2D eigenvalue weighted by atomic mass is 32.1. The van der Waals surface area contributed by atoms with Crippen molar-refractivity contribution in [2.75, 3.05) is 7.05 Å². The van der Waals surface area contributed by atoms with Crippen LogP contribution < -0.4 is 10.7 Å². The summed E-state index contributed by atoms with van der Waals surface area (Å²) >= 11 is 5.05. The van der Waals surface area contributed by atoms with Gasteiger partial charge < -0.3 is 5.32 Å². The van der Waals surface area contributed by atoms with Gasteiger partial charge in [0.15, 0.2) is 5.11 Å². The minimum absolute atomic E-state index is 0.437. The van der Waals surface area contributed by atoms with E-state index in [2.05, 4.69) is 46.2 Å². The van der Waals surface area contributed by atoms with Gasteiger partial charge in [0, 0.05) is 18.7 Å². The Bertz CT molecular complexity index is 428. The highest BCUT2D eigenvalue weighted by molar-refractivity contribution is 7.80. The normalized spacial score (nSPS) is 21.6. The molecule has 1 aliphatic carbocycles. The van der Waals surface area contributed by atoms with Crippen LogP contribution in [0.25, 0.3) is 0 Å². The summed E-state index contributed by atoms with van der Waals surface area (Å²) in [7, 11) is 1.80. The second kappa shape index (κ2) is 6.50. The molecule has 0 aliphatic heterocycles. The molecule has 0 unspecified atom stereocenters. The number of nitrogens with one attached hydrogen (secondary N) is 2. The van der Waals surface area contributed by atoms with Crippen LogP contribution in [0.1, 0.15) is 37.2 Å². The summed E-state index contributed by atoms with van der Waals surface area (Å²) in [6.45, 7) is 0. The molecule has 0 bridgehead atoms. The summed E-state index contributed by atoms with van der Waals surface area (Å²) in [6, 6.07) is 10.6. The van der Waals surface area contributed by atoms with Crippen molar-refractivity contribution in [3.8, 4) is 0 Å². The van der Waals surface area contributed by atoms with Gasteiger partial charge in [-0.1, -0.05) is 36.8 Å². The van der Waals surface area contributed by atoms with Crippen molar-refractivity contribution in [2.24, 2.45) is 5.10 Å². The fourth-order valence-corrected chi connectivity index (χ4v) is 2.40. The molecule has 0 radical (unpaired) electrons. The summed E-state index contributed by atoms with van der Waals surface area (Å²) in [6.07, 6.45) is 4.72. The van der Waals surface area contributed by atoms with Gasteiger partial charge in [-0.25, -0.2) is 0 Å². The molecule has 96 valence electrons. The molecule has 1 aromatic rings. The van der Waals surface area contributed by atoms with E-state index in [-0.39, 0.29) is 0 Å². The monoisotopic (exact) mass is 261 g/mol. The first-order valence-electron chi connectivity index (χ1n) is 6.40. The first kappa shape index (κ1) is 13.0. The maximum absolute atomic E-state index is 5.05. The molecule has 0 saturated heterocycles. The number of rotatable bonds is 2. The largest absolute Gasteiger partial charge is 0.364 e. The van der Waals surface area contributed by atoms with Crippen LogP contribution in [0.4, 0.5) is 0 Å². The third-order valence-corrected chi connectivity index (χ3v) is 3.60. The first-order chi connectivity index (χ1) is 8.81. The van der Waals surface area contributed by atoms with Gasteiger partial charge in [0.05, 0.1) is 0 Å². The predicted molar refractivity (Wildman–Crippen MR) is 79.9 cm³/mol. The molecular formula is C14H19N3S. The molecule has 18 heavy (non-hydrogen) atoms. The second-order valence-electron chi connectivity index (χ2n) is 4.50. The second-order valence-corrected chi connectivity index (χ2v) is 4.91. The number of thiocarbonyl (C=S) groups is 1. The number of hydrazone groups is 1. The molecule has 1 fully saturated rings. The van der Waals surface area contributed by atoms with Gasteiger partial charge in [-0.3, -0.25) is 5.43 Å². The van der Waals surface area contributed by atoms with Crippen LogP contribution in [0.5, 0.6) is 0 Å². The Morgan fingerprint density at radius 2 is 2.06 bits per heavy atom. The number of hydrogen-bond donors (Lipinski definition) is 2. The topological polar surface area (TPSA) is 36.4 Å². The summed E-state index contributed by atoms with van der Waals surface area (Å²) in [4.78, 5) is 0. The van der Waals surface area contributed by atoms with Crippen molar-refractivity contribution < 1.29 is 0 Å². The lowest BCUT2D eigenvalue weighted by atomic mass is 9.82. The van der Waals surface area contributed by atoms with E-state index in [1.54, 1.807) is 7.05 Å². The van der Waals surface area contributed by atoms with Crippen LogP contribution >= 0.6 is 12.2 Å². The van der Waals surface area contributed by atoms with E-state index in [9.17, 15) is 0 Å². The van der Waals surface area contributed by atoms with Crippen LogP contribution in [0.2, 0.25) is 0 Å². The van der Waals surface area contributed by atoms with Gasteiger partial charge in [-0.2, -0.15) is 5.10 Å². The van der Waals surface area contributed by atoms with Crippen molar-refractivity contribution in [3.63, 3.8) is 0 Å². The molecule has 1 aliphatic rings. The van der Waals surface area contributed by atoms with Crippen molar-refractivity contribution in [3.05, 3.63) is 35.9 Å². The van der Waals surface area contributed by atoms with E-state index in [0.717, 1.165) is 6.42 Å². The zero-order valence-electron chi connectivity index (χ0n) is 10.6. The summed E-state index contributed by atoms with van der Waals surface area (Å²) in [5.74, 6) is 0.437. The standard InChI is InChI=1S/C14H19N3S/c1-15-14(18)17-16-13-10-6-5-9-12(13)11-7-3-2-4-8-11/h2-4,7-8,12H,5-6,9-10H2,1H3,(H2,15,17,18)/b16-13-/t12-/m0/s1. The van der Waals surface area contributed by atoms with Gasteiger partial charge in [0.2, 0.25) is 0 Å². The Labute approximate surface area is 114 Å². The minimum atomic E-state index is 0.437. The van der Waals surface area contributed by atoms with Gasteiger partial charge in [-0.05, 0) is 37.0 Å². The lowest BCUT2D eigenvalue weighted by molar-refractivity contribution is 0.608. The fourth-order valence-electron chi connectivity index (χ4n) is 2.35. The maximum Gasteiger partial charge on any atom is 0.186 e. The minimum Gasteiger partial charge on any atom is -0.364 e. The molecule has 0 spiro atoms. The Hall–Kier alpha value is -1.42. The van der Waals surface area contributed by atoms with Crippen LogP contribution in [-0.2, 0) is 0 Å². The van der Waals surface area contributed by atoms with Crippen molar-refractivity contribution in [1.29, 1.82) is 0 Å². The van der Waals surface area contributed by atoms with E-state index < -0.39 is 0 Å². The molecule has 3 nitrogen and oxygen atoms in total. The van der Waals surface area contributed by atoms with Gasteiger partial charge >= 0.3 is 0 Å². The molecule has 0 amide bonds. The van der Waals surface area contributed by atoms with E-state index in [1.165, 1.54) is 30.5 Å². The third kappa shape index (κ3) is 3.29. The lowest BCUT2D eigenvalue weighted by Crippen LogP contribution is -2.31. The van der Waals surface area contributed by atoms with Crippen molar-refractivity contribution in [1.82, 2.24) is 10.7 Å². The third-order valence-electron chi connectivity index (χ3n) is 3.31. The summed E-state index contributed by atoms with van der Waals surface area (Å²) in [5, 5.41) is 7.92. The highest BCUT2D eigenvalue weighted by Gasteiger charge is 2.22. The fraction of sp³-hybridized carbons (Fsp3) is 0.429. The van der Waals surface area contributed by atoms with E-state index in [1.807, 2.05) is 0 Å². The molecular weight excluding hydrogens is 242 g/mol. The Balaban J connectivity index is 2.13. The number of nitrogens with zero attached hydrogens (tertiary/aromatic N) is 1. The molecule has 0 aromatic heterocycles. The first-order valence-corrected chi connectivity index (χ1v) is 6.81. The zero-order valence-corrected chi connectivity index (χ0v) is 11.5. The van der Waals surface area contributed by atoms with Gasteiger partial charge in [0.1, 0.15) is 0 Å². The van der Waals surface area contributed by atoms with Crippen LogP contribution in [0.3, 0.4) is 0 Å². The van der Waals surface area contributed by atoms with Crippen LogP contribution in [0.15, 0.2) is 35.4 Å². The van der Waals surface area contributed by atoms with E-state index >= 15 is 0 Å². The predicted octanol–water partition coefficient (Wildman–Crippen LogP) is 2.79. The average Bonchev–Trinajstić information content (AvgIpc) is 2.46. The maximum atomic E-state index is 5.05. The van der Waals surface area contributed by atoms with E-state index in [0.29, 0.717) is 11.0 Å². The summed E-state index contributed by atoms with van der Waals surface area (Å²) < 4.78 is 0. The molecule has 4 heteroatoms. The van der Waals surface area contributed by atoms with Crippen molar-refractivity contribution >= 4 is 23.0 Å². The number of benzene rings is 1. The summed E-state index contributed by atoms with van der Waals surface area (Å²) in [5.41, 5.74) is 5.48. The smallest absolute Gasteiger partial charge is 0.186 e. The molecule has 1 saturated carbocycles. The van der Waals surface area contributed by atoms with Crippen LogP contribution in [0, 0.1) is 0 Å². The molecule has 1 aromatic carbocycles. The Morgan fingerprint density at radius 1 is 1.28 bits per heavy atom. The molecule has 0 heterocycles. The highest BCUT2D eigenvalue weighted by Crippen LogP contribution is 2.30. The Kier molecular flexibility index (Phi) is 4.70. The van der Waals surface area contributed by atoms with Crippen LogP contribution in [-0.4, -0.2) is 17.9 Å². The quantitative estimate of drug-likeness (QED) is 0.635. The van der Waals surface area contributed by atoms with E-state index in [4.69, 9.17) is 12.2 Å². The zero-order chi connectivity index (χ0) is 12.8. The SMILES string of the molecule is CNC(=S)N/N=C1/CCCC[C@H]1c1ccccc1.